The minimum Gasteiger partial charge on any atom is -0.383 e. The molecule has 1 fully saturated rings. The predicted octanol–water partition coefficient (Wildman–Crippen LogP) is -0.733. The molecule has 2 rings (SSSR count). The van der Waals surface area contributed by atoms with E-state index >= 15 is 0 Å². The third kappa shape index (κ3) is 3.91. The van der Waals surface area contributed by atoms with E-state index in [-0.39, 0.29) is 12.2 Å². The lowest BCUT2D eigenvalue weighted by atomic mass is 10.2. The highest BCUT2D eigenvalue weighted by Crippen LogP contribution is 2.37. The molecule has 9 nitrogen and oxygen atoms in total. The zero-order chi connectivity index (χ0) is 15.6. The second-order valence-corrected chi connectivity index (χ2v) is 6.04. The molecule has 0 amide bonds. The van der Waals surface area contributed by atoms with Crippen molar-refractivity contribution in [3.8, 4) is 12.3 Å². The van der Waals surface area contributed by atoms with Gasteiger partial charge in [-0.3, -0.25) is 9.13 Å². The van der Waals surface area contributed by atoms with Gasteiger partial charge in [-0.15, -0.1) is 6.42 Å². The van der Waals surface area contributed by atoms with Gasteiger partial charge in [-0.25, -0.2) is 4.79 Å². The smallest absolute Gasteiger partial charge is 0.351 e. The van der Waals surface area contributed by atoms with Crippen LogP contribution in [0.1, 0.15) is 12.6 Å². The van der Waals surface area contributed by atoms with Crippen LogP contribution in [0.5, 0.6) is 0 Å². The van der Waals surface area contributed by atoms with Crippen molar-refractivity contribution in [1.82, 2.24) is 9.55 Å². The quantitative estimate of drug-likeness (QED) is 0.488. The Morgan fingerprint density at radius 1 is 1.67 bits per heavy atom. The molecule has 0 spiro atoms. The number of rotatable bonds is 4. The molecular formula is C11H14N3O6P. The van der Waals surface area contributed by atoms with E-state index in [4.69, 9.17) is 31.4 Å². The Kier molecular flexibility index (Phi) is 4.46. The van der Waals surface area contributed by atoms with Crippen molar-refractivity contribution in [2.75, 3.05) is 12.1 Å². The molecule has 21 heavy (non-hydrogen) atoms. The second kappa shape index (κ2) is 5.97. The topological polar surface area (TPSA) is 137 Å². The van der Waals surface area contributed by atoms with Gasteiger partial charge >= 0.3 is 13.3 Å². The summed E-state index contributed by atoms with van der Waals surface area (Å²) in [7, 11) is -4.31. The Morgan fingerprint density at radius 3 is 2.95 bits per heavy atom. The highest BCUT2D eigenvalue weighted by molar-refractivity contribution is 7.51. The maximum atomic E-state index is 11.7. The van der Waals surface area contributed by atoms with Crippen molar-refractivity contribution in [3.05, 3.63) is 22.7 Å². The van der Waals surface area contributed by atoms with E-state index in [1.807, 2.05) is 0 Å². The molecule has 0 unspecified atom stereocenters. The van der Waals surface area contributed by atoms with Crippen molar-refractivity contribution < 1.29 is 23.8 Å². The fourth-order valence-electron chi connectivity index (χ4n) is 1.95. The number of anilines is 1. The van der Waals surface area contributed by atoms with Gasteiger partial charge in [0, 0.05) is 12.6 Å². The number of nitrogen functional groups attached to an aromatic ring is 1. The van der Waals surface area contributed by atoms with Gasteiger partial charge in [0.2, 0.25) is 0 Å². The first-order chi connectivity index (χ1) is 9.80. The summed E-state index contributed by atoms with van der Waals surface area (Å²) in [6, 6.07) is 1.43. The molecule has 1 aliphatic rings. The van der Waals surface area contributed by atoms with Crippen LogP contribution >= 0.6 is 7.60 Å². The van der Waals surface area contributed by atoms with E-state index in [1.54, 1.807) is 0 Å². The summed E-state index contributed by atoms with van der Waals surface area (Å²) in [5, 5.41) is 0. The van der Waals surface area contributed by atoms with Crippen LogP contribution in [0.4, 0.5) is 5.82 Å². The van der Waals surface area contributed by atoms with Crippen molar-refractivity contribution in [1.29, 1.82) is 0 Å². The summed E-state index contributed by atoms with van der Waals surface area (Å²) in [4.78, 5) is 32.9. The van der Waals surface area contributed by atoms with Crippen LogP contribution < -0.4 is 11.4 Å². The third-order valence-corrected chi connectivity index (χ3v) is 3.34. The van der Waals surface area contributed by atoms with Crippen LogP contribution in [0.3, 0.4) is 0 Å². The molecule has 1 aliphatic heterocycles. The van der Waals surface area contributed by atoms with E-state index < -0.39 is 38.1 Å². The standard InChI is InChI=1S/C11H14N3O6P/c1-2-7-8(19-6-21(16,17)18)5-10(20-7)14-4-3-9(12)13-11(14)15/h1,3-4,7-8,10H,5-6H2,(H2,12,13,15)(H2,16,17,18)/t7-,8+,10+/m0/s1. The van der Waals surface area contributed by atoms with Gasteiger partial charge in [0.05, 0.1) is 0 Å². The number of terminal acetylenes is 1. The normalized spacial score (nSPS) is 25.7. The number of aromatic nitrogens is 2. The lowest BCUT2D eigenvalue weighted by Gasteiger charge is -2.14. The Labute approximate surface area is 119 Å². The zero-order valence-electron chi connectivity index (χ0n) is 10.8. The first-order valence-electron chi connectivity index (χ1n) is 5.92. The van der Waals surface area contributed by atoms with Crippen LogP contribution in [0.2, 0.25) is 0 Å². The van der Waals surface area contributed by atoms with Gasteiger partial charge in [-0.05, 0) is 6.07 Å². The summed E-state index contributed by atoms with van der Waals surface area (Å²) in [5.41, 5.74) is 4.79. The van der Waals surface area contributed by atoms with Crippen molar-refractivity contribution in [2.45, 2.75) is 24.9 Å². The number of nitrogens with two attached hydrogens (primary N) is 1. The van der Waals surface area contributed by atoms with Crippen LogP contribution in [0.25, 0.3) is 0 Å². The molecule has 0 aliphatic carbocycles. The van der Waals surface area contributed by atoms with E-state index in [9.17, 15) is 9.36 Å². The summed E-state index contributed by atoms with van der Waals surface area (Å²) in [5.74, 6) is 2.40. The van der Waals surface area contributed by atoms with Gasteiger partial charge in [-0.2, -0.15) is 4.98 Å². The summed E-state index contributed by atoms with van der Waals surface area (Å²) in [6.45, 7) is 0. The van der Waals surface area contributed by atoms with Gasteiger partial charge in [0.25, 0.3) is 0 Å². The Hall–Kier alpha value is -1.69. The lowest BCUT2D eigenvalue weighted by molar-refractivity contribution is -0.00350. The minimum absolute atomic E-state index is 0.0806. The summed E-state index contributed by atoms with van der Waals surface area (Å²) in [6.07, 6.45) is 3.84. The molecule has 10 heteroatoms. The molecule has 4 N–H and O–H groups in total. The van der Waals surface area contributed by atoms with Crippen LogP contribution in [-0.4, -0.2) is 37.9 Å². The van der Waals surface area contributed by atoms with E-state index in [2.05, 4.69) is 10.9 Å². The van der Waals surface area contributed by atoms with Gasteiger partial charge in [-0.1, -0.05) is 5.92 Å². The van der Waals surface area contributed by atoms with Crippen molar-refractivity contribution >= 4 is 13.4 Å². The van der Waals surface area contributed by atoms with Gasteiger partial charge in [0.1, 0.15) is 30.6 Å². The third-order valence-electron chi connectivity index (χ3n) is 2.86. The van der Waals surface area contributed by atoms with Crippen molar-refractivity contribution in [2.24, 2.45) is 0 Å². The molecule has 1 aromatic heterocycles. The number of ether oxygens (including phenoxy) is 2. The largest absolute Gasteiger partial charge is 0.383 e. The summed E-state index contributed by atoms with van der Waals surface area (Å²) < 4.78 is 22.6. The molecule has 114 valence electrons. The number of nitrogens with zero attached hydrogens (tertiary/aromatic N) is 2. The maximum absolute atomic E-state index is 11.7. The second-order valence-electron chi connectivity index (χ2n) is 4.45. The molecule has 1 aromatic rings. The highest BCUT2D eigenvalue weighted by atomic mass is 31.2. The van der Waals surface area contributed by atoms with E-state index in [1.165, 1.54) is 16.8 Å². The molecule has 1 saturated heterocycles. The van der Waals surface area contributed by atoms with Crippen LogP contribution in [0, 0.1) is 12.3 Å². The first-order valence-corrected chi connectivity index (χ1v) is 7.72. The Morgan fingerprint density at radius 2 is 2.38 bits per heavy atom. The molecule has 0 radical (unpaired) electrons. The average molecular weight is 315 g/mol. The fourth-order valence-corrected chi connectivity index (χ4v) is 2.34. The highest BCUT2D eigenvalue weighted by Gasteiger charge is 2.37. The number of hydrogen-bond donors (Lipinski definition) is 3. The molecular weight excluding hydrogens is 301 g/mol. The predicted molar refractivity (Wildman–Crippen MR) is 72.1 cm³/mol. The maximum Gasteiger partial charge on any atom is 0.351 e. The van der Waals surface area contributed by atoms with Gasteiger partial charge < -0.3 is 25.0 Å². The fraction of sp³-hybridized carbons (Fsp3) is 0.455. The van der Waals surface area contributed by atoms with Crippen molar-refractivity contribution in [3.63, 3.8) is 0 Å². The lowest BCUT2D eigenvalue weighted by Crippen LogP contribution is -2.27. The van der Waals surface area contributed by atoms with Gasteiger partial charge in [0.15, 0.2) is 0 Å². The monoisotopic (exact) mass is 315 g/mol. The summed E-state index contributed by atoms with van der Waals surface area (Å²) >= 11 is 0. The minimum atomic E-state index is -4.31. The zero-order valence-corrected chi connectivity index (χ0v) is 11.7. The molecule has 3 atom stereocenters. The average Bonchev–Trinajstić information content (AvgIpc) is 2.78. The van der Waals surface area contributed by atoms with Crippen LogP contribution in [-0.2, 0) is 14.0 Å². The number of hydrogen-bond acceptors (Lipinski definition) is 6. The van der Waals surface area contributed by atoms with Crippen LogP contribution in [0.15, 0.2) is 17.1 Å². The first kappa shape index (κ1) is 15.7. The molecule has 0 aromatic carbocycles. The Balaban J connectivity index is 2.13. The SMILES string of the molecule is C#C[C@@H]1O[C@@H](n2ccc(N)nc2=O)C[C@H]1OCP(=O)(O)O. The van der Waals surface area contributed by atoms with E-state index in [0.29, 0.717) is 0 Å². The van der Waals surface area contributed by atoms with E-state index in [0.717, 1.165) is 0 Å². The Bertz CT molecular complexity index is 663. The molecule has 0 bridgehead atoms. The molecule has 0 saturated carbocycles. The molecule has 2 heterocycles.